The molecule has 16 nitrogen and oxygen atoms in total. The monoisotopic (exact) mass is 761 g/mol. The van der Waals surface area contributed by atoms with Crippen LogP contribution >= 0.6 is 0 Å². The summed E-state index contributed by atoms with van der Waals surface area (Å²) >= 11 is 0. The van der Waals surface area contributed by atoms with Crippen LogP contribution in [-0.2, 0) is 12.4 Å². The number of halogens is 7. The highest BCUT2D eigenvalue weighted by atomic mass is 19.4. The van der Waals surface area contributed by atoms with E-state index in [1.54, 1.807) is 0 Å². The standard InChI is InChI=1S/C32H18F7N15O/c1-13-26(19(12-43-44-13)20-3-4-25(55-2)50-45-20)30-17(8-22(47-54-30)32(37,38)39)28-16(7-21(46-51-28)31(34,35)36)29-18(10-24(40)49-53-29)27-15(9-23(33)48-52-27)14-5-6-41-42-11-14/h3-12H,1-2H3,(H2,40,49). The zero-order valence-electron chi connectivity index (χ0n) is 27.7. The van der Waals surface area contributed by atoms with E-state index in [4.69, 9.17) is 10.5 Å². The fourth-order valence-corrected chi connectivity index (χ4v) is 5.38. The molecule has 7 rings (SSSR count). The Bertz CT molecular complexity index is 2560. The molecule has 0 aromatic carbocycles. The SMILES string of the molecule is COc1ccc(-c2cnnc(C)c2-c2nnc(C(F)(F)F)cc2-c2nnc(C(F)(F)F)cc2-c2nnc(N)cc2-c2nnc(F)cc2-c2ccnnc2)nn1. The number of aryl methyl sites for hydroxylation is 1. The van der Waals surface area contributed by atoms with Crippen molar-refractivity contribution >= 4 is 5.82 Å². The molecule has 0 amide bonds. The van der Waals surface area contributed by atoms with Gasteiger partial charge in [-0.25, -0.2) is 0 Å². The van der Waals surface area contributed by atoms with Gasteiger partial charge < -0.3 is 10.5 Å². The topological polar surface area (TPSA) is 216 Å². The maximum Gasteiger partial charge on any atom is 0.435 e. The molecule has 0 saturated heterocycles. The zero-order chi connectivity index (χ0) is 39.1. The van der Waals surface area contributed by atoms with E-state index in [1.165, 1.54) is 50.8 Å². The quantitative estimate of drug-likeness (QED) is 0.204. The van der Waals surface area contributed by atoms with Crippen LogP contribution in [0.4, 0.5) is 36.6 Å². The summed E-state index contributed by atoms with van der Waals surface area (Å²) in [6.45, 7) is 1.46. The molecule has 7 heterocycles. The summed E-state index contributed by atoms with van der Waals surface area (Å²) in [5.74, 6) is -1.17. The molecule has 23 heteroatoms. The summed E-state index contributed by atoms with van der Waals surface area (Å²) in [7, 11) is 1.36. The number of hydrogen-bond donors (Lipinski definition) is 1. The van der Waals surface area contributed by atoms with Crippen molar-refractivity contribution in [2.45, 2.75) is 19.3 Å². The maximum atomic E-state index is 14.6. The molecule has 0 aliphatic rings. The van der Waals surface area contributed by atoms with E-state index in [0.717, 1.165) is 12.1 Å². The minimum atomic E-state index is -5.12. The fraction of sp³-hybridized carbons (Fsp3) is 0.125. The molecule has 2 N–H and O–H groups in total. The van der Waals surface area contributed by atoms with Gasteiger partial charge in [0.25, 0.3) is 0 Å². The Hall–Kier alpha value is -7.33. The van der Waals surface area contributed by atoms with Gasteiger partial charge in [-0.15, -0.1) is 51.0 Å². The second-order valence-corrected chi connectivity index (χ2v) is 11.3. The first kappa shape index (κ1) is 36.0. The lowest BCUT2D eigenvalue weighted by Gasteiger charge is -2.18. The van der Waals surface area contributed by atoms with Gasteiger partial charge >= 0.3 is 12.4 Å². The smallest absolute Gasteiger partial charge is 0.435 e. The van der Waals surface area contributed by atoms with E-state index in [0.29, 0.717) is 12.1 Å². The summed E-state index contributed by atoms with van der Waals surface area (Å²) in [6, 6.07) is 7.53. The lowest BCUT2D eigenvalue weighted by molar-refractivity contribution is -0.142. The molecular formula is C32H18F7N15O. The molecule has 0 fully saturated rings. The first-order valence-electron chi connectivity index (χ1n) is 15.3. The number of alkyl halides is 6. The molecule has 0 radical (unpaired) electrons. The minimum Gasteiger partial charge on any atom is -0.480 e. The van der Waals surface area contributed by atoms with Gasteiger partial charge in [0.15, 0.2) is 11.4 Å². The second kappa shape index (κ2) is 13.9. The van der Waals surface area contributed by atoms with Crippen LogP contribution in [0.5, 0.6) is 5.88 Å². The third-order valence-corrected chi connectivity index (χ3v) is 7.79. The lowest BCUT2D eigenvalue weighted by atomic mass is 9.92. The average molecular weight is 762 g/mol. The molecule has 276 valence electrons. The van der Waals surface area contributed by atoms with Gasteiger partial charge in [-0.1, -0.05) is 0 Å². The van der Waals surface area contributed by atoms with Gasteiger partial charge in [-0.05, 0) is 37.3 Å². The third kappa shape index (κ3) is 7.08. The minimum absolute atomic E-state index is 0.0128. The Balaban J connectivity index is 1.57. The zero-order valence-corrected chi connectivity index (χ0v) is 27.7. The molecule has 0 bridgehead atoms. The number of anilines is 1. The van der Waals surface area contributed by atoms with Gasteiger partial charge in [0.05, 0.1) is 37.1 Å². The van der Waals surface area contributed by atoms with Crippen molar-refractivity contribution in [1.29, 1.82) is 0 Å². The fourth-order valence-electron chi connectivity index (χ4n) is 5.38. The van der Waals surface area contributed by atoms with Crippen LogP contribution in [0.15, 0.2) is 61.1 Å². The Labute approximate surface area is 302 Å². The van der Waals surface area contributed by atoms with Crippen LogP contribution in [0.25, 0.3) is 67.4 Å². The van der Waals surface area contributed by atoms with E-state index in [9.17, 15) is 30.7 Å². The third-order valence-electron chi connectivity index (χ3n) is 7.79. The lowest BCUT2D eigenvalue weighted by Crippen LogP contribution is -2.14. The Morgan fingerprint density at radius 3 is 1.80 bits per heavy atom. The molecule has 7 aromatic heterocycles. The van der Waals surface area contributed by atoms with E-state index in [1.807, 2.05) is 0 Å². The number of nitrogen functional groups attached to an aromatic ring is 1. The van der Waals surface area contributed by atoms with Gasteiger partial charge in [0, 0.05) is 51.1 Å². The van der Waals surface area contributed by atoms with E-state index in [2.05, 4.69) is 71.4 Å². The van der Waals surface area contributed by atoms with Gasteiger partial charge in [-0.3, -0.25) is 0 Å². The maximum absolute atomic E-state index is 14.6. The van der Waals surface area contributed by atoms with E-state index < -0.39 is 52.2 Å². The Kier molecular flexibility index (Phi) is 9.11. The number of nitrogens with zero attached hydrogens (tertiary/aromatic N) is 14. The number of aromatic nitrogens is 14. The molecule has 0 aliphatic carbocycles. The van der Waals surface area contributed by atoms with Crippen LogP contribution < -0.4 is 10.5 Å². The van der Waals surface area contributed by atoms with Crippen molar-refractivity contribution in [3.8, 4) is 73.3 Å². The summed E-state index contributed by atoms with van der Waals surface area (Å²) in [4.78, 5) is 0. The van der Waals surface area contributed by atoms with Crippen molar-refractivity contribution in [2.24, 2.45) is 0 Å². The predicted octanol–water partition coefficient (Wildman–Crippen LogP) is 5.29. The van der Waals surface area contributed by atoms with Crippen molar-refractivity contribution in [3.63, 3.8) is 0 Å². The van der Waals surface area contributed by atoms with Crippen LogP contribution in [0, 0.1) is 12.9 Å². The molecule has 7 aromatic rings. The summed E-state index contributed by atoms with van der Waals surface area (Å²) in [6.07, 6.45) is -6.45. The molecule has 0 spiro atoms. The molecule has 0 aliphatic heterocycles. The number of hydrogen-bond acceptors (Lipinski definition) is 16. The highest BCUT2D eigenvalue weighted by Crippen LogP contribution is 2.45. The predicted molar refractivity (Wildman–Crippen MR) is 174 cm³/mol. The van der Waals surface area contributed by atoms with Crippen LogP contribution in [0.3, 0.4) is 0 Å². The van der Waals surface area contributed by atoms with Gasteiger partial charge in [-0.2, -0.15) is 51.1 Å². The van der Waals surface area contributed by atoms with Crippen LogP contribution in [-0.4, -0.2) is 78.5 Å². The molecule has 0 saturated carbocycles. The average Bonchev–Trinajstić information content (AvgIpc) is 3.17. The van der Waals surface area contributed by atoms with Crippen molar-refractivity contribution in [1.82, 2.24) is 71.4 Å². The van der Waals surface area contributed by atoms with Crippen LogP contribution in [0.2, 0.25) is 0 Å². The summed E-state index contributed by atoms with van der Waals surface area (Å²) in [5, 5.41) is 53.2. The molecule has 0 unspecified atom stereocenters. The molecule has 55 heavy (non-hydrogen) atoms. The number of nitrogens with two attached hydrogens (primary N) is 1. The number of ether oxygens (including phenoxy) is 1. The highest BCUT2D eigenvalue weighted by molar-refractivity contribution is 5.96. The Morgan fingerprint density at radius 1 is 0.564 bits per heavy atom. The van der Waals surface area contributed by atoms with Crippen molar-refractivity contribution in [3.05, 3.63) is 84.1 Å². The number of methoxy groups -OCH3 is 1. The Morgan fingerprint density at radius 2 is 1.18 bits per heavy atom. The van der Waals surface area contributed by atoms with Crippen LogP contribution in [0.1, 0.15) is 17.1 Å². The largest absolute Gasteiger partial charge is 0.480 e. The van der Waals surface area contributed by atoms with E-state index in [-0.39, 0.29) is 62.3 Å². The molecule has 0 atom stereocenters. The first-order chi connectivity index (χ1) is 26.2. The summed E-state index contributed by atoms with van der Waals surface area (Å²) < 4.78 is 105. The van der Waals surface area contributed by atoms with Gasteiger partial charge in [0.1, 0.15) is 28.6 Å². The first-order valence-corrected chi connectivity index (χ1v) is 15.3. The molecular weight excluding hydrogens is 743 g/mol. The summed E-state index contributed by atoms with van der Waals surface area (Å²) in [5.41, 5.74) is 0.693. The van der Waals surface area contributed by atoms with Gasteiger partial charge in [0.2, 0.25) is 11.8 Å². The highest BCUT2D eigenvalue weighted by Gasteiger charge is 2.38. The van der Waals surface area contributed by atoms with E-state index >= 15 is 0 Å². The normalized spacial score (nSPS) is 11.8. The number of rotatable bonds is 7. The van der Waals surface area contributed by atoms with Crippen molar-refractivity contribution < 1.29 is 35.5 Å². The second-order valence-electron chi connectivity index (χ2n) is 11.3. The van der Waals surface area contributed by atoms with Crippen molar-refractivity contribution in [2.75, 3.05) is 12.8 Å².